The van der Waals surface area contributed by atoms with Crippen molar-refractivity contribution >= 4 is 23.3 Å². The van der Waals surface area contributed by atoms with E-state index in [0.29, 0.717) is 19.6 Å². The van der Waals surface area contributed by atoms with E-state index in [1.54, 1.807) is 0 Å². The maximum absolute atomic E-state index is 13.2. The summed E-state index contributed by atoms with van der Waals surface area (Å²) in [6.45, 7) is 8.72. The summed E-state index contributed by atoms with van der Waals surface area (Å²) in [4.78, 5) is 30.4. The van der Waals surface area contributed by atoms with Crippen LogP contribution in [0.15, 0.2) is 18.2 Å². The van der Waals surface area contributed by atoms with Gasteiger partial charge in [-0.05, 0) is 43.5 Å². The fraction of sp³-hybridized carbons (Fsp3) is 0.636. The molecular weight excluding hydrogens is 366 g/mol. The normalized spacial score (nSPS) is 10.9. The highest BCUT2D eigenvalue weighted by atomic mass is 16.2. The average Bonchev–Trinajstić information content (AvgIpc) is 2.65. The van der Waals surface area contributed by atoms with Crippen molar-refractivity contribution in [1.29, 1.82) is 0 Å². The smallest absolute Gasteiger partial charge is 0.319 e. The zero-order valence-corrected chi connectivity index (χ0v) is 19.3. The number of amides is 3. The number of urea groups is 1. The van der Waals surface area contributed by atoms with Crippen LogP contribution in [0.1, 0.15) is 39.2 Å². The van der Waals surface area contributed by atoms with Gasteiger partial charge in [0.15, 0.2) is 0 Å². The number of carbonyl (C=O) groups excluding carboxylic acids is 2. The quantitative estimate of drug-likeness (QED) is 0.525. The number of anilines is 2. The second-order valence-electron chi connectivity index (χ2n) is 7.95. The van der Waals surface area contributed by atoms with E-state index in [1.165, 1.54) is 4.90 Å². The second kappa shape index (κ2) is 12.3. The van der Waals surface area contributed by atoms with Crippen LogP contribution in [0.2, 0.25) is 0 Å². The lowest BCUT2D eigenvalue weighted by Crippen LogP contribution is -3.06. The highest BCUT2D eigenvalue weighted by molar-refractivity contribution is 5.89. The van der Waals surface area contributed by atoms with Gasteiger partial charge in [-0.25, -0.2) is 4.79 Å². The van der Waals surface area contributed by atoms with Crippen molar-refractivity contribution in [3.05, 3.63) is 23.8 Å². The van der Waals surface area contributed by atoms with Gasteiger partial charge in [0.1, 0.15) is 0 Å². The number of likely N-dealkylation sites (N-methyl/N-ethyl adjacent to an activating group) is 1. The molecule has 1 aromatic rings. The van der Waals surface area contributed by atoms with Gasteiger partial charge in [0.25, 0.3) is 0 Å². The number of rotatable bonds is 11. The van der Waals surface area contributed by atoms with E-state index in [2.05, 4.69) is 38.6 Å². The lowest BCUT2D eigenvalue weighted by atomic mass is 10.0. The third-order valence-electron chi connectivity index (χ3n) is 5.05. The Kier molecular flexibility index (Phi) is 10.5. The molecule has 0 bridgehead atoms. The molecule has 0 atom stereocenters. The van der Waals surface area contributed by atoms with E-state index in [0.717, 1.165) is 36.3 Å². The standard InChI is InChI=1S/C22H39N5O2/c1-8-17(9-2)21(28)27(14-13-25(4)5)16-18-15-19(24-22(29)23-10-3)11-12-20(18)26(6)7/h11-12,15,17H,8-10,13-14,16H2,1-7H3,(H2,23,24,29)/p+1. The molecule has 29 heavy (non-hydrogen) atoms. The zero-order valence-electron chi connectivity index (χ0n) is 19.3. The zero-order chi connectivity index (χ0) is 22.0. The van der Waals surface area contributed by atoms with Crippen LogP contribution < -0.4 is 20.4 Å². The molecule has 0 saturated heterocycles. The molecule has 0 radical (unpaired) electrons. The molecule has 164 valence electrons. The van der Waals surface area contributed by atoms with Crippen LogP contribution in [0.4, 0.5) is 16.2 Å². The number of carbonyl (C=O) groups is 2. The van der Waals surface area contributed by atoms with Crippen LogP contribution in [-0.2, 0) is 11.3 Å². The van der Waals surface area contributed by atoms with Gasteiger partial charge in [-0.3, -0.25) is 4.79 Å². The summed E-state index contributed by atoms with van der Waals surface area (Å²) in [5, 5.41) is 5.62. The Hall–Kier alpha value is -2.28. The Morgan fingerprint density at radius 2 is 1.76 bits per heavy atom. The lowest BCUT2D eigenvalue weighted by Gasteiger charge is -2.29. The number of nitrogens with one attached hydrogen (secondary N) is 3. The molecule has 0 aromatic heterocycles. The Labute approximate surface area is 176 Å². The third-order valence-corrected chi connectivity index (χ3v) is 5.05. The molecule has 0 unspecified atom stereocenters. The fourth-order valence-corrected chi connectivity index (χ4v) is 3.29. The summed E-state index contributed by atoms with van der Waals surface area (Å²) in [6.07, 6.45) is 1.69. The first kappa shape index (κ1) is 24.8. The molecular formula is C22H40N5O2+. The SMILES string of the molecule is CCNC(=O)Nc1ccc(N(C)C)c(CN(CC[NH+](C)C)C(=O)C(CC)CC)c1. The van der Waals surface area contributed by atoms with Crippen LogP contribution in [-0.4, -0.2) is 64.7 Å². The lowest BCUT2D eigenvalue weighted by molar-refractivity contribution is -0.857. The van der Waals surface area contributed by atoms with Gasteiger partial charge < -0.3 is 25.3 Å². The molecule has 0 aliphatic heterocycles. The number of nitrogens with zero attached hydrogens (tertiary/aromatic N) is 2. The third kappa shape index (κ3) is 7.93. The molecule has 7 heteroatoms. The Morgan fingerprint density at radius 1 is 1.10 bits per heavy atom. The first-order chi connectivity index (χ1) is 13.7. The number of hydrogen-bond donors (Lipinski definition) is 3. The van der Waals surface area contributed by atoms with Gasteiger partial charge >= 0.3 is 6.03 Å². The first-order valence-electron chi connectivity index (χ1n) is 10.7. The molecule has 0 heterocycles. The minimum atomic E-state index is -0.225. The van der Waals surface area contributed by atoms with Crippen LogP contribution in [0.25, 0.3) is 0 Å². The topological polar surface area (TPSA) is 69.1 Å². The van der Waals surface area contributed by atoms with E-state index in [-0.39, 0.29) is 17.9 Å². The Balaban J connectivity index is 3.18. The second-order valence-corrected chi connectivity index (χ2v) is 7.95. The summed E-state index contributed by atoms with van der Waals surface area (Å²) in [5.41, 5.74) is 2.80. The van der Waals surface area contributed by atoms with E-state index in [4.69, 9.17) is 0 Å². The summed E-state index contributed by atoms with van der Waals surface area (Å²) in [6, 6.07) is 5.64. The van der Waals surface area contributed by atoms with Crippen molar-refractivity contribution in [1.82, 2.24) is 10.2 Å². The fourth-order valence-electron chi connectivity index (χ4n) is 3.29. The van der Waals surface area contributed by atoms with Crippen molar-refractivity contribution in [2.24, 2.45) is 5.92 Å². The van der Waals surface area contributed by atoms with Gasteiger partial charge in [0.2, 0.25) is 5.91 Å². The van der Waals surface area contributed by atoms with Crippen LogP contribution in [0.5, 0.6) is 0 Å². The van der Waals surface area contributed by atoms with Crippen LogP contribution >= 0.6 is 0 Å². The van der Waals surface area contributed by atoms with Gasteiger partial charge in [-0.2, -0.15) is 0 Å². The van der Waals surface area contributed by atoms with E-state index in [9.17, 15) is 9.59 Å². The average molecular weight is 407 g/mol. The van der Waals surface area contributed by atoms with E-state index < -0.39 is 0 Å². The van der Waals surface area contributed by atoms with Gasteiger partial charge in [-0.15, -0.1) is 0 Å². The molecule has 1 rings (SSSR count). The predicted molar refractivity (Wildman–Crippen MR) is 121 cm³/mol. The monoisotopic (exact) mass is 406 g/mol. The Bertz CT molecular complexity index is 657. The van der Waals surface area contributed by atoms with Crippen LogP contribution in [0.3, 0.4) is 0 Å². The summed E-state index contributed by atoms with van der Waals surface area (Å²) in [5.74, 6) is 0.259. The summed E-state index contributed by atoms with van der Waals surface area (Å²) < 4.78 is 0. The van der Waals surface area contributed by atoms with Gasteiger partial charge in [0.05, 0.1) is 27.2 Å². The largest absolute Gasteiger partial charge is 0.377 e. The van der Waals surface area contributed by atoms with Crippen molar-refractivity contribution in [3.63, 3.8) is 0 Å². The van der Waals surface area contributed by atoms with Crippen molar-refractivity contribution in [2.45, 2.75) is 40.2 Å². The highest BCUT2D eigenvalue weighted by Gasteiger charge is 2.23. The molecule has 0 aliphatic carbocycles. The van der Waals surface area contributed by atoms with E-state index in [1.807, 2.05) is 49.0 Å². The minimum absolute atomic E-state index is 0.0478. The molecule has 0 fully saturated rings. The van der Waals surface area contributed by atoms with Crippen molar-refractivity contribution in [2.75, 3.05) is 58.0 Å². The molecule has 0 aliphatic rings. The Morgan fingerprint density at radius 3 is 2.28 bits per heavy atom. The number of benzene rings is 1. The summed E-state index contributed by atoms with van der Waals surface area (Å²) in [7, 11) is 8.18. The molecule has 7 nitrogen and oxygen atoms in total. The molecule has 1 aromatic carbocycles. The van der Waals surface area contributed by atoms with Crippen molar-refractivity contribution < 1.29 is 14.5 Å². The van der Waals surface area contributed by atoms with Gasteiger partial charge in [0, 0.05) is 44.5 Å². The highest BCUT2D eigenvalue weighted by Crippen LogP contribution is 2.25. The van der Waals surface area contributed by atoms with Gasteiger partial charge in [-0.1, -0.05) is 13.8 Å². The number of quaternary nitrogens is 1. The van der Waals surface area contributed by atoms with E-state index >= 15 is 0 Å². The number of hydrogen-bond acceptors (Lipinski definition) is 3. The van der Waals surface area contributed by atoms with Crippen molar-refractivity contribution in [3.8, 4) is 0 Å². The predicted octanol–water partition coefficient (Wildman–Crippen LogP) is 1.80. The first-order valence-corrected chi connectivity index (χ1v) is 10.7. The minimum Gasteiger partial charge on any atom is -0.377 e. The molecule has 0 spiro atoms. The summed E-state index contributed by atoms with van der Waals surface area (Å²) >= 11 is 0. The van der Waals surface area contributed by atoms with Crippen LogP contribution in [0, 0.1) is 5.92 Å². The maximum Gasteiger partial charge on any atom is 0.319 e. The maximum atomic E-state index is 13.2. The molecule has 3 N–H and O–H groups in total. The molecule has 3 amide bonds. The molecule has 0 saturated carbocycles.